The maximum absolute atomic E-state index is 12.5. The van der Waals surface area contributed by atoms with E-state index in [-0.39, 0.29) is 5.91 Å². The molecule has 0 spiro atoms. The fraction of sp³-hybridized carbons (Fsp3) is 0.375. The van der Waals surface area contributed by atoms with Gasteiger partial charge in [-0.2, -0.15) is 5.10 Å². The van der Waals surface area contributed by atoms with Crippen LogP contribution < -0.4 is 4.90 Å². The van der Waals surface area contributed by atoms with Gasteiger partial charge in [0.1, 0.15) is 0 Å². The van der Waals surface area contributed by atoms with Crippen molar-refractivity contribution in [3.8, 4) is 0 Å². The lowest BCUT2D eigenvalue weighted by atomic mass is 10.2. The van der Waals surface area contributed by atoms with Gasteiger partial charge in [0.25, 0.3) is 0 Å². The number of likely N-dealkylation sites (N-methyl/N-ethyl adjacent to an activating group) is 1. The van der Waals surface area contributed by atoms with Gasteiger partial charge in [-0.3, -0.25) is 14.4 Å². The summed E-state index contributed by atoms with van der Waals surface area (Å²) in [6.07, 6.45) is 4.77. The maximum Gasteiger partial charge on any atom is 0.241 e. The SMILES string of the molecule is CN(CC(=O)N1CCc2ccccc21)Cc1cnn(C)c1. The van der Waals surface area contributed by atoms with Crippen molar-refractivity contribution in [3.63, 3.8) is 0 Å². The van der Waals surface area contributed by atoms with Gasteiger partial charge >= 0.3 is 0 Å². The summed E-state index contributed by atoms with van der Waals surface area (Å²) in [5.74, 6) is 0.159. The van der Waals surface area contributed by atoms with Gasteiger partial charge in [0.2, 0.25) is 5.91 Å². The third-order valence-electron chi connectivity index (χ3n) is 3.80. The molecule has 2 aromatic rings. The van der Waals surface area contributed by atoms with Crippen LogP contribution in [0.15, 0.2) is 36.7 Å². The fourth-order valence-electron chi connectivity index (χ4n) is 2.83. The Labute approximate surface area is 124 Å². The van der Waals surface area contributed by atoms with E-state index in [9.17, 15) is 4.79 Å². The third-order valence-corrected chi connectivity index (χ3v) is 3.80. The van der Waals surface area contributed by atoms with Gasteiger partial charge < -0.3 is 4.90 Å². The summed E-state index contributed by atoms with van der Waals surface area (Å²) in [6, 6.07) is 8.15. The third kappa shape index (κ3) is 2.97. The fourth-order valence-corrected chi connectivity index (χ4v) is 2.83. The van der Waals surface area contributed by atoms with Crippen molar-refractivity contribution in [2.45, 2.75) is 13.0 Å². The number of aromatic nitrogens is 2. The lowest BCUT2D eigenvalue weighted by Crippen LogP contribution is -2.37. The summed E-state index contributed by atoms with van der Waals surface area (Å²) in [5, 5.41) is 4.15. The first-order valence-corrected chi connectivity index (χ1v) is 7.18. The van der Waals surface area contributed by atoms with Crippen molar-refractivity contribution in [2.75, 3.05) is 25.0 Å². The normalized spacial score (nSPS) is 13.8. The minimum atomic E-state index is 0.159. The Bertz CT molecular complexity index is 649. The van der Waals surface area contributed by atoms with Gasteiger partial charge in [0.05, 0.1) is 12.7 Å². The van der Waals surface area contributed by atoms with Crippen molar-refractivity contribution < 1.29 is 4.79 Å². The highest BCUT2D eigenvalue weighted by Crippen LogP contribution is 2.27. The Balaban J connectivity index is 1.62. The topological polar surface area (TPSA) is 41.4 Å². The van der Waals surface area contributed by atoms with Crippen LogP contribution in [0, 0.1) is 0 Å². The highest BCUT2D eigenvalue weighted by Gasteiger charge is 2.24. The van der Waals surface area contributed by atoms with E-state index < -0.39 is 0 Å². The molecule has 0 fully saturated rings. The summed E-state index contributed by atoms with van der Waals surface area (Å²) in [7, 11) is 3.86. The molecule has 0 bridgehead atoms. The molecule has 0 radical (unpaired) electrons. The van der Waals surface area contributed by atoms with Crippen LogP contribution in [-0.4, -0.2) is 40.7 Å². The van der Waals surface area contributed by atoms with Crippen LogP contribution in [0.5, 0.6) is 0 Å². The van der Waals surface area contributed by atoms with E-state index in [0.29, 0.717) is 6.54 Å². The van der Waals surface area contributed by atoms with Gasteiger partial charge in [-0.1, -0.05) is 18.2 Å². The highest BCUT2D eigenvalue weighted by atomic mass is 16.2. The molecular formula is C16H20N4O. The molecule has 0 atom stereocenters. The van der Waals surface area contributed by atoms with E-state index in [2.05, 4.69) is 11.2 Å². The molecule has 5 heteroatoms. The molecule has 21 heavy (non-hydrogen) atoms. The summed E-state index contributed by atoms with van der Waals surface area (Å²) in [5.41, 5.74) is 3.45. The second kappa shape index (κ2) is 5.69. The van der Waals surface area contributed by atoms with Crippen LogP contribution in [-0.2, 0) is 24.8 Å². The molecule has 1 amide bonds. The summed E-state index contributed by atoms with van der Waals surface area (Å²) < 4.78 is 1.78. The van der Waals surface area contributed by atoms with Gasteiger partial charge in [-0.25, -0.2) is 0 Å². The Morgan fingerprint density at radius 2 is 2.19 bits per heavy atom. The minimum Gasteiger partial charge on any atom is -0.311 e. The van der Waals surface area contributed by atoms with Crippen molar-refractivity contribution >= 4 is 11.6 Å². The van der Waals surface area contributed by atoms with Crippen LogP contribution in [0.4, 0.5) is 5.69 Å². The molecule has 1 aliphatic rings. The number of carbonyl (C=O) groups excluding carboxylic acids is 1. The zero-order valence-corrected chi connectivity index (χ0v) is 12.5. The van der Waals surface area contributed by atoms with E-state index in [1.807, 2.05) is 54.5 Å². The molecule has 1 aromatic carbocycles. The number of benzene rings is 1. The molecule has 5 nitrogen and oxygen atoms in total. The smallest absolute Gasteiger partial charge is 0.241 e. The van der Waals surface area contributed by atoms with Crippen molar-refractivity contribution in [3.05, 3.63) is 47.8 Å². The number of carbonyl (C=O) groups is 1. The van der Waals surface area contributed by atoms with E-state index in [4.69, 9.17) is 0 Å². The first-order chi connectivity index (χ1) is 10.1. The second-order valence-electron chi connectivity index (χ2n) is 5.62. The Kier molecular flexibility index (Phi) is 3.75. The van der Waals surface area contributed by atoms with Gasteiger partial charge in [0.15, 0.2) is 0 Å². The molecule has 0 unspecified atom stereocenters. The predicted octanol–water partition coefficient (Wildman–Crippen LogP) is 1.44. The van der Waals surface area contributed by atoms with Gasteiger partial charge in [-0.05, 0) is 25.1 Å². The number of amides is 1. The zero-order chi connectivity index (χ0) is 14.8. The standard InChI is InChI=1S/C16H20N4O/c1-18(10-13-9-17-19(2)11-13)12-16(21)20-8-7-14-5-3-4-6-15(14)20/h3-6,9,11H,7-8,10,12H2,1-2H3. The van der Waals surface area contributed by atoms with Crippen LogP contribution >= 0.6 is 0 Å². The number of aryl methyl sites for hydroxylation is 1. The molecule has 1 aromatic heterocycles. The number of para-hydroxylation sites is 1. The average Bonchev–Trinajstić information content (AvgIpc) is 3.04. The van der Waals surface area contributed by atoms with Crippen molar-refractivity contribution in [1.29, 1.82) is 0 Å². The molecule has 3 rings (SSSR count). The Morgan fingerprint density at radius 3 is 2.95 bits per heavy atom. The second-order valence-corrected chi connectivity index (χ2v) is 5.62. The number of fused-ring (bicyclic) bond motifs is 1. The number of anilines is 1. The largest absolute Gasteiger partial charge is 0.311 e. The lowest BCUT2D eigenvalue weighted by molar-refractivity contribution is -0.119. The van der Waals surface area contributed by atoms with E-state index in [1.54, 1.807) is 4.68 Å². The molecule has 0 aliphatic carbocycles. The van der Waals surface area contributed by atoms with E-state index in [0.717, 1.165) is 30.8 Å². The Hall–Kier alpha value is -2.14. The van der Waals surface area contributed by atoms with Gasteiger partial charge in [0, 0.05) is 37.6 Å². The highest BCUT2D eigenvalue weighted by molar-refractivity contribution is 5.96. The van der Waals surface area contributed by atoms with E-state index in [1.165, 1.54) is 5.56 Å². The van der Waals surface area contributed by atoms with E-state index >= 15 is 0 Å². The molecule has 0 saturated carbocycles. The predicted molar refractivity (Wildman–Crippen MR) is 82.0 cm³/mol. The first-order valence-electron chi connectivity index (χ1n) is 7.18. The summed E-state index contributed by atoms with van der Waals surface area (Å²) in [4.78, 5) is 16.4. The lowest BCUT2D eigenvalue weighted by Gasteiger charge is -2.21. The Morgan fingerprint density at radius 1 is 1.38 bits per heavy atom. The quantitative estimate of drug-likeness (QED) is 0.853. The molecule has 2 heterocycles. The van der Waals surface area contributed by atoms with Crippen LogP contribution in [0.2, 0.25) is 0 Å². The molecule has 0 N–H and O–H groups in total. The number of hydrogen-bond donors (Lipinski definition) is 0. The minimum absolute atomic E-state index is 0.159. The van der Waals surface area contributed by atoms with Crippen molar-refractivity contribution in [1.82, 2.24) is 14.7 Å². The number of nitrogens with zero attached hydrogens (tertiary/aromatic N) is 4. The molecule has 0 saturated heterocycles. The zero-order valence-electron chi connectivity index (χ0n) is 12.5. The number of hydrogen-bond acceptors (Lipinski definition) is 3. The maximum atomic E-state index is 12.5. The molecular weight excluding hydrogens is 264 g/mol. The van der Waals surface area contributed by atoms with Crippen LogP contribution in [0.25, 0.3) is 0 Å². The summed E-state index contributed by atoms with van der Waals surface area (Å²) >= 11 is 0. The van der Waals surface area contributed by atoms with Gasteiger partial charge in [-0.15, -0.1) is 0 Å². The van der Waals surface area contributed by atoms with Crippen LogP contribution in [0.1, 0.15) is 11.1 Å². The summed E-state index contributed by atoms with van der Waals surface area (Å²) in [6.45, 7) is 1.94. The molecule has 110 valence electrons. The monoisotopic (exact) mass is 284 g/mol. The molecule has 1 aliphatic heterocycles. The number of rotatable bonds is 4. The van der Waals surface area contributed by atoms with Crippen LogP contribution in [0.3, 0.4) is 0 Å². The first kappa shape index (κ1) is 13.8. The average molecular weight is 284 g/mol. The van der Waals surface area contributed by atoms with Crippen molar-refractivity contribution in [2.24, 2.45) is 7.05 Å².